The van der Waals surface area contributed by atoms with Gasteiger partial charge >= 0.3 is 0 Å². The highest BCUT2D eigenvalue weighted by Gasteiger charge is 2.57. The van der Waals surface area contributed by atoms with E-state index < -0.39 is 7.26 Å². The summed E-state index contributed by atoms with van der Waals surface area (Å²) in [6.07, 6.45) is 24.3. The van der Waals surface area contributed by atoms with Crippen LogP contribution in [0.2, 0.25) is 0 Å². The zero-order valence-electron chi connectivity index (χ0n) is 18.2. The minimum absolute atomic E-state index is 0.695. The Labute approximate surface area is 159 Å². The van der Waals surface area contributed by atoms with Gasteiger partial charge in [-0.2, -0.15) is 0 Å². The first-order valence-corrected chi connectivity index (χ1v) is 12.5. The first-order valence-electron chi connectivity index (χ1n) is 10.5. The topological polar surface area (TPSA) is 0 Å². The molecule has 0 radical (unpaired) electrons. The lowest BCUT2D eigenvalue weighted by atomic mass is 10.2. The average Bonchev–Trinajstić information content (AvgIpc) is 2.63. The van der Waals surface area contributed by atoms with E-state index in [1.807, 2.05) is 0 Å². The highest BCUT2D eigenvalue weighted by atomic mass is 31.2. The highest BCUT2D eigenvalue weighted by molar-refractivity contribution is 7.79. The molecule has 0 aromatic carbocycles. The predicted octanol–water partition coefficient (Wildman–Crippen LogP) is 8.42. The third-order valence-corrected chi connectivity index (χ3v) is 12.4. The Morgan fingerprint density at radius 2 is 0.680 bits per heavy atom. The molecule has 0 aliphatic carbocycles. The fraction of sp³-hybridized carbons (Fsp3) is 0.667. The molecular weight excluding hydrogens is 319 g/mol. The lowest BCUT2D eigenvalue weighted by molar-refractivity contribution is 0.792. The molecule has 144 valence electrons. The van der Waals surface area contributed by atoms with Crippen molar-refractivity contribution < 1.29 is 0 Å². The third kappa shape index (κ3) is 5.68. The largest absolute Gasteiger partial charge is 0.0890 e. The van der Waals surface area contributed by atoms with E-state index in [1.54, 1.807) is 0 Å². The van der Waals surface area contributed by atoms with Gasteiger partial charge in [0.15, 0.2) is 0 Å². The Balaban J connectivity index is 6.86. The van der Waals surface area contributed by atoms with E-state index in [-0.39, 0.29) is 0 Å². The minimum Gasteiger partial charge on any atom is -0.0878 e. The molecule has 4 unspecified atom stereocenters. The first-order chi connectivity index (χ1) is 12.1. The van der Waals surface area contributed by atoms with E-state index >= 15 is 0 Å². The van der Waals surface area contributed by atoms with Gasteiger partial charge in [-0.25, -0.2) is 0 Å². The fourth-order valence-corrected chi connectivity index (χ4v) is 12.1. The van der Waals surface area contributed by atoms with Crippen LogP contribution in [0.3, 0.4) is 0 Å². The summed E-state index contributed by atoms with van der Waals surface area (Å²) in [6.45, 7) is 18.4. The van der Waals surface area contributed by atoms with Crippen LogP contribution in [0.15, 0.2) is 48.6 Å². The second-order valence-electron chi connectivity index (χ2n) is 6.90. The normalized spacial score (nSPS) is 20.5. The molecule has 0 heterocycles. The smallest absolute Gasteiger partial charge is 0.0878 e. The Bertz CT molecular complexity index is 356. The first kappa shape index (κ1) is 24.4. The van der Waals surface area contributed by atoms with Crippen LogP contribution in [0.25, 0.3) is 0 Å². The Hall–Kier alpha value is -0.610. The molecule has 4 atom stereocenters. The van der Waals surface area contributed by atoms with E-state index in [2.05, 4.69) is 104 Å². The van der Waals surface area contributed by atoms with Crippen LogP contribution in [0, 0.1) is 0 Å². The number of hydrogen-bond donors (Lipinski definition) is 0. The molecule has 0 nitrogen and oxygen atoms in total. The molecule has 0 saturated heterocycles. The van der Waals surface area contributed by atoms with Crippen molar-refractivity contribution in [2.45, 2.75) is 104 Å². The van der Waals surface area contributed by atoms with Crippen molar-refractivity contribution in [3.8, 4) is 0 Å². The van der Waals surface area contributed by atoms with Crippen molar-refractivity contribution in [1.82, 2.24) is 0 Å². The average molecular weight is 364 g/mol. The maximum Gasteiger partial charge on any atom is 0.0890 e. The Morgan fingerprint density at radius 3 is 0.800 bits per heavy atom. The lowest BCUT2D eigenvalue weighted by Crippen LogP contribution is -2.36. The predicted molar refractivity (Wildman–Crippen MR) is 122 cm³/mol. The van der Waals surface area contributed by atoms with Gasteiger partial charge in [-0.3, -0.25) is 0 Å². The zero-order valence-corrected chi connectivity index (χ0v) is 19.1. The Morgan fingerprint density at radius 1 is 0.480 bits per heavy atom. The summed E-state index contributed by atoms with van der Waals surface area (Å²) >= 11 is 0. The molecule has 25 heavy (non-hydrogen) atoms. The van der Waals surface area contributed by atoms with Gasteiger partial charge in [0, 0.05) is 7.26 Å². The van der Waals surface area contributed by atoms with Gasteiger partial charge in [0.05, 0.1) is 22.6 Å². The second-order valence-corrected chi connectivity index (χ2v) is 11.3. The molecule has 0 spiro atoms. The van der Waals surface area contributed by atoms with Crippen molar-refractivity contribution in [3.05, 3.63) is 48.6 Å². The maximum absolute atomic E-state index is 2.54. The summed E-state index contributed by atoms with van der Waals surface area (Å²) in [4.78, 5) is 0. The maximum atomic E-state index is 2.54. The summed E-state index contributed by atoms with van der Waals surface area (Å²) in [7, 11) is -1.35. The third-order valence-electron chi connectivity index (χ3n) is 5.63. The molecule has 0 fully saturated rings. The number of rotatable bonds is 12. The van der Waals surface area contributed by atoms with E-state index in [0.717, 1.165) is 0 Å². The van der Waals surface area contributed by atoms with Crippen LogP contribution in [-0.4, -0.2) is 22.6 Å². The van der Waals surface area contributed by atoms with Crippen LogP contribution in [-0.2, 0) is 0 Å². The summed E-state index contributed by atoms with van der Waals surface area (Å²) in [5.74, 6) is 0. The SMILES string of the molecule is CC=CC(CC)[P+](C(C=CC)CC)(C(C=CC)CC)C(C=CC)CC. The van der Waals surface area contributed by atoms with Crippen LogP contribution >= 0.6 is 7.26 Å². The van der Waals surface area contributed by atoms with E-state index in [0.29, 0.717) is 22.6 Å². The monoisotopic (exact) mass is 363 g/mol. The molecule has 1 heteroatoms. The molecule has 0 aromatic heterocycles. The molecule has 0 aliphatic rings. The molecule has 0 aromatic rings. The van der Waals surface area contributed by atoms with E-state index in [9.17, 15) is 0 Å². The van der Waals surface area contributed by atoms with Gasteiger partial charge in [-0.15, -0.1) is 0 Å². The highest BCUT2D eigenvalue weighted by Crippen LogP contribution is 2.77. The Kier molecular flexibility index (Phi) is 13.2. The van der Waals surface area contributed by atoms with Crippen molar-refractivity contribution in [2.75, 3.05) is 0 Å². The van der Waals surface area contributed by atoms with Crippen LogP contribution < -0.4 is 0 Å². The van der Waals surface area contributed by atoms with Gasteiger partial charge in [-0.1, -0.05) is 52.0 Å². The van der Waals surface area contributed by atoms with Crippen LogP contribution in [0.1, 0.15) is 81.1 Å². The van der Waals surface area contributed by atoms with Gasteiger partial charge in [0.25, 0.3) is 0 Å². The fourth-order valence-electron chi connectivity index (χ4n) is 4.77. The van der Waals surface area contributed by atoms with E-state index in [1.165, 1.54) is 25.7 Å². The van der Waals surface area contributed by atoms with Crippen molar-refractivity contribution in [1.29, 1.82) is 0 Å². The zero-order chi connectivity index (χ0) is 19.3. The molecule has 0 bridgehead atoms. The summed E-state index contributed by atoms with van der Waals surface area (Å²) in [6, 6.07) is 0. The molecule has 0 saturated carbocycles. The molecule has 0 N–H and O–H groups in total. The van der Waals surface area contributed by atoms with Gasteiger partial charge in [-0.05, 0) is 77.7 Å². The van der Waals surface area contributed by atoms with Gasteiger partial charge in [0.2, 0.25) is 0 Å². The molecule has 0 amide bonds. The van der Waals surface area contributed by atoms with Crippen molar-refractivity contribution in [3.63, 3.8) is 0 Å². The summed E-state index contributed by atoms with van der Waals surface area (Å²) < 4.78 is 0. The van der Waals surface area contributed by atoms with Gasteiger partial charge in [0.1, 0.15) is 0 Å². The van der Waals surface area contributed by atoms with Crippen molar-refractivity contribution in [2.24, 2.45) is 0 Å². The number of hydrogen-bond acceptors (Lipinski definition) is 0. The minimum atomic E-state index is -1.35. The van der Waals surface area contributed by atoms with Crippen molar-refractivity contribution >= 4 is 7.26 Å². The second kappa shape index (κ2) is 13.6. The molecule has 0 rings (SSSR count). The van der Waals surface area contributed by atoms with Crippen LogP contribution in [0.5, 0.6) is 0 Å². The summed E-state index contributed by atoms with van der Waals surface area (Å²) in [5, 5.41) is 0. The van der Waals surface area contributed by atoms with E-state index in [4.69, 9.17) is 0 Å². The van der Waals surface area contributed by atoms with Crippen LogP contribution in [0.4, 0.5) is 0 Å². The molecule has 0 aliphatic heterocycles. The standard InChI is InChI=1S/C24H44P/c1-9-17-21(13-5)25(22(14-6)18-10-2,23(15-7)19-11-3)24(16-8)20-12-4/h9-12,17-24H,13-16H2,1-8H3/q+1. The summed E-state index contributed by atoms with van der Waals surface area (Å²) in [5.41, 5.74) is 2.78. The number of allylic oxidation sites excluding steroid dienone is 8. The molecular formula is C24H44P+. The van der Waals surface area contributed by atoms with Gasteiger partial charge < -0.3 is 0 Å². The quantitative estimate of drug-likeness (QED) is 0.241. The lowest BCUT2D eigenvalue weighted by Gasteiger charge is -2.46.